The molecule has 0 fully saturated rings. The standard InChI is InChI=1S/C21H20ClN3O3/c1-2-12-28-19-10-8-16(22)13-18(19)23-20(26)14-25-21(27)11-9-17(24-25)15-6-4-3-5-7-15/h3-11,13H,2,12,14H2,1H3,(H,23,26). The Balaban J connectivity index is 1.79. The van der Waals surface area contributed by atoms with Crippen molar-refractivity contribution < 1.29 is 9.53 Å². The lowest BCUT2D eigenvalue weighted by Gasteiger charge is -2.13. The van der Waals surface area contributed by atoms with Gasteiger partial charge in [0.2, 0.25) is 5.91 Å². The molecular formula is C21H20ClN3O3. The minimum Gasteiger partial charge on any atom is -0.491 e. The third kappa shape index (κ3) is 4.98. The summed E-state index contributed by atoms with van der Waals surface area (Å²) in [6, 6.07) is 17.5. The SMILES string of the molecule is CCCOc1ccc(Cl)cc1NC(=O)Cn1nc(-c2ccccc2)ccc1=O. The maximum absolute atomic E-state index is 12.5. The van der Waals surface area contributed by atoms with E-state index in [1.54, 1.807) is 24.3 Å². The molecule has 1 amide bonds. The summed E-state index contributed by atoms with van der Waals surface area (Å²) >= 11 is 6.03. The zero-order valence-electron chi connectivity index (χ0n) is 15.4. The molecule has 28 heavy (non-hydrogen) atoms. The van der Waals surface area contributed by atoms with Crippen molar-refractivity contribution >= 4 is 23.2 Å². The molecule has 0 radical (unpaired) electrons. The molecule has 0 saturated carbocycles. The Morgan fingerprint density at radius 3 is 2.68 bits per heavy atom. The van der Waals surface area contributed by atoms with E-state index in [-0.39, 0.29) is 12.1 Å². The summed E-state index contributed by atoms with van der Waals surface area (Å²) in [6.45, 7) is 2.29. The monoisotopic (exact) mass is 397 g/mol. The highest BCUT2D eigenvalue weighted by atomic mass is 35.5. The van der Waals surface area contributed by atoms with Crippen molar-refractivity contribution in [3.05, 3.63) is 76.0 Å². The molecule has 0 bridgehead atoms. The first kappa shape index (κ1) is 19.6. The lowest BCUT2D eigenvalue weighted by molar-refractivity contribution is -0.117. The smallest absolute Gasteiger partial charge is 0.267 e. The Hall–Kier alpha value is -3.12. The fourth-order valence-corrected chi connectivity index (χ4v) is 2.76. The van der Waals surface area contributed by atoms with Gasteiger partial charge in [0.05, 0.1) is 18.0 Å². The van der Waals surface area contributed by atoms with Crippen LogP contribution in [0.15, 0.2) is 65.5 Å². The van der Waals surface area contributed by atoms with Gasteiger partial charge < -0.3 is 10.1 Å². The van der Waals surface area contributed by atoms with Crippen molar-refractivity contribution in [3.8, 4) is 17.0 Å². The summed E-state index contributed by atoms with van der Waals surface area (Å²) in [5.41, 5.74) is 1.58. The van der Waals surface area contributed by atoms with Crippen LogP contribution in [-0.4, -0.2) is 22.3 Å². The van der Waals surface area contributed by atoms with E-state index < -0.39 is 5.91 Å². The maximum Gasteiger partial charge on any atom is 0.267 e. The van der Waals surface area contributed by atoms with E-state index in [0.29, 0.717) is 28.8 Å². The van der Waals surface area contributed by atoms with Crippen LogP contribution in [0.1, 0.15) is 13.3 Å². The third-order valence-corrected chi connectivity index (χ3v) is 4.14. The van der Waals surface area contributed by atoms with E-state index in [1.807, 2.05) is 37.3 Å². The Morgan fingerprint density at radius 2 is 1.93 bits per heavy atom. The number of aromatic nitrogens is 2. The predicted octanol–water partition coefficient (Wildman–Crippen LogP) is 3.99. The van der Waals surface area contributed by atoms with E-state index in [1.165, 1.54) is 6.07 Å². The van der Waals surface area contributed by atoms with Gasteiger partial charge in [0.1, 0.15) is 12.3 Å². The summed E-state index contributed by atoms with van der Waals surface area (Å²) in [4.78, 5) is 24.6. The van der Waals surface area contributed by atoms with Crippen molar-refractivity contribution in [2.24, 2.45) is 0 Å². The molecule has 0 saturated heterocycles. The third-order valence-electron chi connectivity index (χ3n) is 3.91. The van der Waals surface area contributed by atoms with Crippen molar-refractivity contribution in [3.63, 3.8) is 0 Å². The second kappa shape index (κ2) is 9.19. The Morgan fingerprint density at radius 1 is 1.14 bits per heavy atom. The number of carbonyl (C=O) groups excluding carboxylic acids is 1. The maximum atomic E-state index is 12.5. The van der Waals surface area contributed by atoms with Gasteiger partial charge in [-0.3, -0.25) is 9.59 Å². The fourth-order valence-electron chi connectivity index (χ4n) is 2.59. The summed E-state index contributed by atoms with van der Waals surface area (Å²) in [5.74, 6) is 0.126. The van der Waals surface area contributed by atoms with Crippen molar-refractivity contribution in [1.82, 2.24) is 9.78 Å². The Bertz CT molecular complexity index is 1020. The summed E-state index contributed by atoms with van der Waals surface area (Å²) in [7, 11) is 0. The number of nitrogens with zero attached hydrogens (tertiary/aromatic N) is 2. The second-order valence-corrected chi connectivity index (χ2v) is 6.55. The molecule has 7 heteroatoms. The number of halogens is 1. The number of amides is 1. The van der Waals surface area contributed by atoms with Gasteiger partial charge in [0, 0.05) is 16.7 Å². The first-order valence-electron chi connectivity index (χ1n) is 8.92. The van der Waals surface area contributed by atoms with E-state index in [2.05, 4.69) is 10.4 Å². The topological polar surface area (TPSA) is 73.2 Å². The minimum absolute atomic E-state index is 0.223. The molecule has 1 aromatic heterocycles. The number of hydrogen-bond acceptors (Lipinski definition) is 4. The van der Waals surface area contributed by atoms with Gasteiger partial charge in [-0.2, -0.15) is 5.10 Å². The van der Waals surface area contributed by atoms with E-state index >= 15 is 0 Å². The first-order chi connectivity index (χ1) is 13.6. The second-order valence-electron chi connectivity index (χ2n) is 6.12. The molecule has 6 nitrogen and oxygen atoms in total. The number of hydrogen-bond donors (Lipinski definition) is 1. The van der Waals surface area contributed by atoms with E-state index in [9.17, 15) is 9.59 Å². The zero-order chi connectivity index (χ0) is 19.9. The zero-order valence-corrected chi connectivity index (χ0v) is 16.1. The molecule has 0 atom stereocenters. The average Bonchev–Trinajstić information content (AvgIpc) is 2.70. The molecule has 0 unspecified atom stereocenters. The van der Waals surface area contributed by atoms with Gasteiger partial charge in [-0.1, -0.05) is 48.9 Å². The molecule has 1 N–H and O–H groups in total. The van der Waals surface area contributed by atoms with Crippen LogP contribution in [0.2, 0.25) is 5.02 Å². The molecule has 0 spiro atoms. The van der Waals surface area contributed by atoms with Crippen LogP contribution in [0.25, 0.3) is 11.3 Å². The summed E-state index contributed by atoms with van der Waals surface area (Å²) in [6.07, 6.45) is 0.835. The fraction of sp³-hybridized carbons (Fsp3) is 0.190. The summed E-state index contributed by atoms with van der Waals surface area (Å²) < 4.78 is 6.77. The van der Waals surface area contributed by atoms with Crippen LogP contribution in [0.3, 0.4) is 0 Å². The van der Waals surface area contributed by atoms with Crippen molar-refractivity contribution in [2.75, 3.05) is 11.9 Å². The van der Waals surface area contributed by atoms with Crippen LogP contribution in [0, 0.1) is 0 Å². The highest BCUT2D eigenvalue weighted by Crippen LogP contribution is 2.28. The molecule has 0 aliphatic heterocycles. The lowest BCUT2D eigenvalue weighted by atomic mass is 10.1. The quantitative estimate of drug-likeness (QED) is 0.654. The molecule has 144 valence electrons. The number of benzene rings is 2. The van der Waals surface area contributed by atoms with Gasteiger partial charge >= 0.3 is 0 Å². The predicted molar refractivity (Wildman–Crippen MR) is 110 cm³/mol. The first-order valence-corrected chi connectivity index (χ1v) is 9.30. The lowest BCUT2D eigenvalue weighted by Crippen LogP contribution is -2.29. The van der Waals surface area contributed by atoms with Gasteiger partial charge in [0.25, 0.3) is 5.56 Å². The van der Waals surface area contributed by atoms with Crippen LogP contribution < -0.4 is 15.6 Å². The number of carbonyl (C=O) groups is 1. The molecule has 3 rings (SSSR count). The van der Waals surface area contributed by atoms with Gasteiger partial charge in [-0.05, 0) is 30.7 Å². The molecule has 2 aromatic carbocycles. The number of nitrogens with one attached hydrogen (secondary N) is 1. The average molecular weight is 398 g/mol. The van der Waals surface area contributed by atoms with E-state index in [4.69, 9.17) is 16.3 Å². The van der Waals surface area contributed by atoms with Gasteiger partial charge in [-0.25, -0.2) is 4.68 Å². The number of rotatable bonds is 7. The molecular weight excluding hydrogens is 378 g/mol. The van der Waals surface area contributed by atoms with Crippen LogP contribution >= 0.6 is 11.6 Å². The minimum atomic E-state index is -0.400. The number of anilines is 1. The molecule has 0 aliphatic rings. The molecule has 3 aromatic rings. The van der Waals surface area contributed by atoms with Crippen molar-refractivity contribution in [1.29, 1.82) is 0 Å². The van der Waals surface area contributed by atoms with Crippen molar-refractivity contribution in [2.45, 2.75) is 19.9 Å². The number of ether oxygens (including phenoxy) is 1. The van der Waals surface area contributed by atoms with Gasteiger partial charge in [-0.15, -0.1) is 0 Å². The largest absolute Gasteiger partial charge is 0.491 e. The van der Waals surface area contributed by atoms with E-state index in [0.717, 1.165) is 16.7 Å². The molecule has 0 aliphatic carbocycles. The van der Waals surface area contributed by atoms with Crippen LogP contribution in [-0.2, 0) is 11.3 Å². The van der Waals surface area contributed by atoms with Gasteiger partial charge in [0.15, 0.2) is 0 Å². The normalized spacial score (nSPS) is 10.5. The highest BCUT2D eigenvalue weighted by Gasteiger charge is 2.12. The van der Waals surface area contributed by atoms with Crippen LogP contribution in [0.4, 0.5) is 5.69 Å². The Labute approximate surface area is 167 Å². The summed E-state index contributed by atoms with van der Waals surface area (Å²) in [5, 5.41) is 7.52. The highest BCUT2D eigenvalue weighted by molar-refractivity contribution is 6.31. The Kier molecular flexibility index (Phi) is 6.45. The molecule has 1 heterocycles. The van der Waals surface area contributed by atoms with Crippen LogP contribution in [0.5, 0.6) is 5.75 Å².